The Morgan fingerprint density at radius 3 is 2.42 bits per heavy atom. The van der Waals surface area contributed by atoms with Gasteiger partial charge in [0.15, 0.2) is 5.96 Å². The van der Waals surface area contributed by atoms with E-state index < -0.39 is 0 Å². The molecule has 2 heterocycles. The quantitative estimate of drug-likeness (QED) is 0.324. The number of halogens is 2. The maximum absolute atomic E-state index is 14.8. The van der Waals surface area contributed by atoms with Crippen LogP contribution in [0.1, 0.15) is 32.8 Å². The smallest absolute Gasteiger partial charge is 0.193 e. The molecule has 6 nitrogen and oxygen atoms in total. The fourth-order valence-corrected chi connectivity index (χ4v) is 4.71. The molecule has 2 saturated heterocycles. The van der Waals surface area contributed by atoms with Crippen LogP contribution in [0.3, 0.4) is 0 Å². The molecule has 2 fully saturated rings. The van der Waals surface area contributed by atoms with Crippen LogP contribution in [0.25, 0.3) is 0 Å². The Hall–Kier alpha value is -1.13. The van der Waals surface area contributed by atoms with Crippen LogP contribution in [-0.4, -0.2) is 92.7 Å². The van der Waals surface area contributed by atoms with Crippen LogP contribution < -0.4 is 10.2 Å². The first kappa shape index (κ1) is 26.1. The summed E-state index contributed by atoms with van der Waals surface area (Å²) in [5.74, 6) is 0.779. The third-order valence-electron chi connectivity index (χ3n) is 6.63. The number of aliphatic imine (C=N–C) groups is 1. The van der Waals surface area contributed by atoms with E-state index >= 15 is 0 Å². The van der Waals surface area contributed by atoms with Gasteiger partial charge in [-0.1, -0.05) is 26.8 Å². The van der Waals surface area contributed by atoms with Crippen LogP contribution in [0.15, 0.2) is 23.2 Å². The molecule has 1 aromatic carbocycles. The van der Waals surface area contributed by atoms with Crippen molar-refractivity contribution in [3.05, 3.63) is 29.6 Å². The summed E-state index contributed by atoms with van der Waals surface area (Å²) in [6.07, 6.45) is 1.16. The van der Waals surface area contributed by atoms with Crippen LogP contribution in [-0.2, 0) is 6.54 Å². The molecule has 2 aliphatic rings. The summed E-state index contributed by atoms with van der Waals surface area (Å²) in [6.45, 7) is 16.2. The van der Waals surface area contributed by atoms with Gasteiger partial charge in [0, 0.05) is 58.9 Å². The van der Waals surface area contributed by atoms with Crippen LogP contribution in [0, 0.1) is 5.82 Å². The van der Waals surface area contributed by atoms with Crippen LogP contribution >= 0.6 is 24.0 Å². The van der Waals surface area contributed by atoms with Gasteiger partial charge in [-0.05, 0) is 43.8 Å². The summed E-state index contributed by atoms with van der Waals surface area (Å²) in [5.41, 5.74) is 1.67. The molecule has 1 N–H and O–H groups in total. The van der Waals surface area contributed by atoms with Crippen LogP contribution in [0.4, 0.5) is 10.1 Å². The number of rotatable bonds is 7. The van der Waals surface area contributed by atoms with Gasteiger partial charge in [-0.25, -0.2) is 4.39 Å². The molecule has 0 aliphatic carbocycles. The van der Waals surface area contributed by atoms with Crippen LogP contribution in [0.5, 0.6) is 0 Å². The van der Waals surface area contributed by atoms with Gasteiger partial charge >= 0.3 is 0 Å². The van der Waals surface area contributed by atoms with Crippen molar-refractivity contribution in [1.82, 2.24) is 20.0 Å². The Morgan fingerprint density at radius 1 is 1.13 bits per heavy atom. The monoisotopic (exact) mass is 546 g/mol. The fraction of sp³-hybridized carbons (Fsp3) is 0.696. The van der Waals surface area contributed by atoms with Gasteiger partial charge < -0.3 is 20.0 Å². The number of likely N-dealkylation sites (tertiary alicyclic amines) is 1. The van der Waals surface area contributed by atoms with Crippen molar-refractivity contribution in [3.63, 3.8) is 0 Å². The first-order valence-corrected chi connectivity index (χ1v) is 11.5. The number of anilines is 1. The van der Waals surface area contributed by atoms with Crippen molar-refractivity contribution in [2.24, 2.45) is 4.99 Å². The summed E-state index contributed by atoms with van der Waals surface area (Å²) in [4.78, 5) is 13.9. The number of piperazine rings is 1. The van der Waals surface area contributed by atoms with Gasteiger partial charge in [-0.3, -0.25) is 9.89 Å². The standard InChI is InChI=1S/C23H39FN6.HI/c1-5-27-12-14-29(15-13-27)22-9-8-19(16-21(22)24)17-26-23(25-4)30-11-10-20(18-30)28(6-2)7-3;/h8-9,16,20H,5-7,10-15,17-18H2,1-4H3,(H,25,26);1H. The highest BCUT2D eigenvalue weighted by Crippen LogP contribution is 2.22. The molecule has 0 radical (unpaired) electrons. The fourth-order valence-electron chi connectivity index (χ4n) is 4.71. The van der Waals surface area contributed by atoms with Gasteiger partial charge in [-0.2, -0.15) is 0 Å². The number of hydrogen-bond donors (Lipinski definition) is 1. The summed E-state index contributed by atoms with van der Waals surface area (Å²) < 4.78 is 14.8. The van der Waals surface area contributed by atoms with E-state index in [9.17, 15) is 4.39 Å². The molecule has 1 atom stereocenters. The van der Waals surface area contributed by atoms with Crippen molar-refractivity contribution in [3.8, 4) is 0 Å². The predicted molar refractivity (Wildman–Crippen MR) is 139 cm³/mol. The molecule has 1 unspecified atom stereocenters. The van der Waals surface area contributed by atoms with E-state index in [1.165, 1.54) is 0 Å². The Morgan fingerprint density at radius 2 is 1.84 bits per heavy atom. The second kappa shape index (κ2) is 12.8. The van der Waals surface area contributed by atoms with E-state index in [0.29, 0.717) is 12.6 Å². The molecule has 2 aliphatic heterocycles. The zero-order valence-corrected chi connectivity index (χ0v) is 21.9. The summed E-state index contributed by atoms with van der Waals surface area (Å²) in [6, 6.07) is 6.23. The van der Waals surface area contributed by atoms with E-state index in [0.717, 1.165) is 82.5 Å². The van der Waals surface area contributed by atoms with Gasteiger partial charge in [0.25, 0.3) is 0 Å². The number of likely N-dealkylation sites (N-methyl/N-ethyl adjacent to an activating group) is 2. The minimum atomic E-state index is -0.128. The van der Waals surface area contributed by atoms with Crippen LogP contribution in [0.2, 0.25) is 0 Å². The average Bonchev–Trinajstić information content (AvgIpc) is 3.25. The number of nitrogens with zero attached hydrogens (tertiary/aromatic N) is 5. The summed E-state index contributed by atoms with van der Waals surface area (Å²) >= 11 is 0. The van der Waals surface area contributed by atoms with E-state index in [-0.39, 0.29) is 29.8 Å². The molecule has 1 aromatic rings. The highest BCUT2D eigenvalue weighted by Gasteiger charge is 2.28. The van der Waals surface area contributed by atoms with Crippen molar-refractivity contribution >= 4 is 35.6 Å². The van der Waals surface area contributed by atoms with Crippen molar-refractivity contribution in [2.75, 3.05) is 70.9 Å². The predicted octanol–water partition coefficient (Wildman–Crippen LogP) is 3.08. The molecule has 176 valence electrons. The summed E-state index contributed by atoms with van der Waals surface area (Å²) in [5, 5.41) is 3.43. The Labute approximate surface area is 204 Å². The molecule has 3 rings (SSSR count). The molecule has 31 heavy (non-hydrogen) atoms. The lowest BCUT2D eigenvalue weighted by Gasteiger charge is -2.35. The minimum absolute atomic E-state index is 0. The van der Waals surface area contributed by atoms with Gasteiger partial charge in [0.05, 0.1) is 5.69 Å². The Balaban J connectivity index is 0.00000341. The van der Waals surface area contributed by atoms with Crippen molar-refractivity contribution in [2.45, 2.75) is 39.8 Å². The van der Waals surface area contributed by atoms with Crippen molar-refractivity contribution in [1.29, 1.82) is 0 Å². The largest absolute Gasteiger partial charge is 0.367 e. The topological polar surface area (TPSA) is 37.4 Å². The highest BCUT2D eigenvalue weighted by atomic mass is 127. The molecule has 0 bridgehead atoms. The Kier molecular flexibility index (Phi) is 10.8. The number of guanidine groups is 1. The third kappa shape index (κ3) is 6.68. The average molecular weight is 547 g/mol. The molecule has 8 heteroatoms. The van der Waals surface area contributed by atoms with E-state index in [1.54, 1.807) is 6.07 Å². The zero-order chi connectivity index (χ0) is 21.5. The van der Waals surface area contributed by atoms with E-state index in [2.05, 4.69) is 50.7 Å². The normalized spacial score (nSPS) is 20.3. The first-order chi connectivity index (χ1) is 14.6. The van der Waals surface area contributed by atoms with Crippen molar-refractivity contribution < 1.29 is 4.39 Å². The second-order valence-corrected chi connectivity index (χ2v) is 8.22. The number of hydrogen-bond acceptors (Lipinski definition) is 4. The lowest BCUT2D eigenvalue weighted by molar-refractivity contribution is 0.223. The molecule has 0 amide bonds. The number of nitrogens with one attached hydrogen (secondary N) is 1. The summed E-state index contributed by atoms with van der Waals surface area (Å²) in [7, 11) is 1.83. The van der Waals surface area contributed by atoms with Gasteiger partial charge in [0.2, 0.25) is 0 Å². The highest BCUT2D eigenvalue weighted by molar-refractivity contribution is 14.0. The maximum Gasteiger partial charge on any atom is 0.193 e. The molecular formula is C23H40FIN6. The minimum Gasteiger partial charge on any atom is -0.367 e. The van der Waals surface area contributed by atoms with E-state index in [1.807, 2.05) is 19.2 Å². The molecule has 0 spiro atoms. The molecule has 0 aromatic heterocycles. The Bertz CT molecular complexity index is 703. The lowest BCUT2D eigenvalue weighted by Crippen LogP contribution is -2.46. The second-order valence-electron chi connectivity index (χ2n) is 8.22. The van der Waals surface area contributed by atoms with E-state index in [4.69, 9.17) is 0 Å². The molecular weight excluding hydrogens is 506 g/mol. The zero-order valence-electron chi connectivity index (χ0n) is 19.6. The lowest BCUT2D eigenvalue weighted by atomic mass is 10.1. The third-order valence-corrected chi connectivity index (χ3v) is 6.63. The molecule has 0 saturated carbocycles. The van der Waals surface area contributed by atoms with Gasteiger partial charge in [-0.15, -0.1) is 24.0 Å². The maximum atomic E-state index is 14.8. The first-order valence-electron chi connectivity index (χ1n) is 11.5. The van der Waals surface area contributed by atoms with Gasteiger partial charge in [0.1, 0.15) is 5.82 Å². The SMILES string of the molecule is CCN1CCN(c2ccc(CNC(=NC)N3CCC(N(CC)CC)C3)cc2F)CC1.I. The number of benzene rings is 1.